The van der Waals surface area contributed by atoms with Crippen molar-refractivity contribution in [3.05, 3.63) is 17.2 Å². The van der Waals surface area contributed by atoms with Crippen LogP contribution in [0.25, 0.3) is 0 Å². The van der Waals surface area contributed by atoms with Crippen molar-refractivity contribution in [1.82, 2.24) is 9.55 Å². The Kier molecular flexibility index (Phi) is 3.75. The monoisotopic (exact) mass is 312 g/mol. The fraction of sp³-hybridized carbons (Fsp3) is 0.857. The molecule has 0 unspecified atom stereocenters. The zero-order valence-electron chi connectivity index (χ0n) is 14.6. The van der Waals surface area contributed by atoms with E-state index in [0.717, 1.165) is 23.8 Å². The second-order valence-corrected chi connectivity index (χ2v) is 8.79. The number of aromatic nitrogens is 2. The first kappa shape index (κ1) is 14.5. The standard InChI is InChI=1S/C21H32N2/c1-2-7-15(8-3-1)19-20(16-11-6-12-16)23(18-13-14-18)21(22-19)17-9-4-5-10-17/h15-18H,1-14H2. The van der Waals surface area contributed by atoms with E-state index in [9.17, 15) is 0 Å². The largest absolute Gasteiger partial charge is 0.328 e. The molecule has 4 aliphatic rings. The first-order valence-corrected chi connectivity index (χ1v) is 10.5. The average Bonchev–Trinajstić information content (AvgIpc) is 3.09. The van der Waals surface area contributed by atoms with E-state index >= 15 is 0 Å². The molecule has 1 aromatic heterocycles. The van der Waals surface area contributed by atoms with Crippen LogP contribution in [0.4, 0.5) is 0 Å². The molecule has 4 fully saturated rings. The maximum absolute atomic E-state index is 5.44. The van der Waals surface area contributed by atoms with Crippen LogP contribution in [-0.2, 0) is 0 Å². The van der Waals surface area contributed by atoms with Gasteiger partial charge in [0.25, 0.3) is 0 Å². The van der Waals surface area contributed by atoms with Gasteiger partial charge in [-0.1, -0.05) is 38.5 Å². The van der Waals surface area contributed by atoms with Crippen LogP contribution in [0.3, 0.4) is 0 Å². The van der Waals surface area contributed by atoms with E-state index in [1.54, 1.807) is 11.4 Å². The molecule has 0 bridgehead atoms. The predicted molar refractivity (Wildman–Crippen MR) is 94.1 cm³/mol. The van der Waals surface area contributed by atoms with Gasteiger partial charge in [-0.15, -0.1) is 0 Å². The van der Waals surface area contributed by atoms with Gasteiger partial charge in [0.2, 0.25) is 0 Å². The van der Waals surface area contributed by atoms with Crippen LogP contribution in [0.1, 0.15) is 131 Å². The highest BCUT2D eigenvalue weighted by atomic mass is 15.2. The van der Waals surface area contributed by atoms with Crippen molar-refractivity contribution in [2.45, 2.75) is 114 Å². The molecule has 0 amide bonds. The van der Waals surface area contributed by atoms with Gasteiger partial charge >= 0.3 is 0 Å². The highest BCUT2D eigenvalue weighted by Gasteiger charge is 2.39. The molecule has 2 heteroatoms. The Labute approximate surface area is 141 Å². The maximum Gasteiger partial charge on any atom is 0.112 e. The average molecular weight is 313 g/mol. The van der Waals surface area contributed by atoms with Crippen molar-refractivity contribution in [2.24, 2.45) is 0 Å². The molecule has 0 spiro atoms. The summed E-state index contributed by atoms with van der Waals surface area (Å²) in [4.78, 5) is 5.44. The lowest BCUT2D eigenvalue weighted by atomic mass is 9.78. The lowest BCUT2D eigenvalue weighted by molar-refractivity contribution is 0.379. The second-order valence-electron chi connectivity index (χ2n) is 8.79. The molecule has 0 aliphatic heterocycles. The first-order chi connectivity index (χ1) is 11.4. The van der Waals surface area contributed by atoms with Crippen LogP contribution in [0.5, 0.6) is 0 Å². The summed E-state index contributed by atoms with van der Waals surface area (Å²) in [5.41, 5.74) is 3.33. The van der Waals surface area contributed by atoms with Crippen molar-refractivity contribution >= 4 is 0 Å². The summed E-state index contributed by atoms with van der Waals surface area (Å²) in [5.74, 6) is 3.97. The molecule has 4 saturated carbocycles. The Morgan fingerprint density at radius 3 is 1.83 bits per heavy atom. The summed E-state index contributed by atoms with van der Waals surface area (Å²) >= 11 is 0. The van der Waals surface area contributed by atoms with E-state index in [4.69, 9.17) is 4.98 Å². The Balaban J connectivity index is 1.58. The number of hydrogen-bond donors (Lipinski definition) is 0. The van der Waals surface area contributed by atoms with Crippen LogP contribution >= 0.6 is 0 Å². The second kappa shape index (κ2) is 5.93. The molecule has 126 valence electrons. The molecule has 5 rings (SSSR count). The van der Waals surface area contributed by atoms with Crippen LogP contribution in [0, 0.1) is 0 Å². The van der Waals surface area contributed by atoms with E-state index < -0.39 is 0 Å². The van der Waals surface area contributed by atoms with Crippen LogP contribution in [-0.4, -0.2) is 9.55 Å². The molecule has 0 aromatic carbocycles. The van der Waals surface area contributed by atoms with E-state index in [1.807, 2.05) is 0 Å². The predicted octanol–water partition coefficient (Wildman–Crippen LogP) is 6.19. The Hall–Kier alpha value is -0.790. The molecule has 0 saturated heterocycles. The molecule has 23 heavy (non-hydrogen) atoms. The van der Waals surface area contributed by atoms with Crippen LogP contribution < -0.4 is 0 Å². The molecule has 0 radical (unpaired) electrons. The van der Waals surface area contributed by atoms with Crippen molar-refractivity contribution in [3.8, 4) is 0 Å². The zero-order chi connectivity index (χ0) is 15.2. The number of nitrogens with zero attached hydrogens (tertiary/aromatic N) is 2. The minimum Gasteiger partial charge on any atom is -0.328 e. The molecule has 4 aliphatic carbocycles. The molecule has 1 aromatic rings. The van der Waals surface area contributed by atoms with Gasteiger partial charge in [0.1, 0.15) is 5.82 Å². The molecule has 0 N–H and O–H groups in total. The Morgan fingerprint density at radius 2 is 1.22 bits per heavy atom. The SMILES string of the molecule is C1CCC(c2nc(C3CCCC3)n(C3CC3)c2C2CCC2)CC1. The number of imidazole rings is 1. The molecule has 2 nitrogen and oxygen atoms in total. The highest BCUT2D eigenvalue weighted by Crippen LogP contribution is 2.50. The minimum atomic E-state index is 0.784. The van der Waals surface area contributed by atoms with E-state index in [0.29, 0.717) is 0 Å². The van der Waals surface area contributed by atoms with Gasteiger partial charge in [-0.3, -0.25) is 0 Å². The van der Waals surface area contributed by atoms with Gasteiger partial charge in [0.05, 0.1) is 5.69 Å². The fourth-order valence-electron chi connectivity index (χ4n) is 5.43. The molecular weight excluding hydrogens is 280 g/mol. The third kappa shape index (κ3) is 2.57. The van der Waals surface area contributed by atoms with Gasteiger partial charge in [-0.2, -0.15) is 0 Å². The third-order valence-electron chi connectivity index (χ3n) is 7.12. The summed E-state index contributed by atoms with van der Waals surface area (Å²) in [7, 11) is 0. The Bertz CT molecular complexity index is 553. The molecular formula is C21H32N2. The number of hydrogen-bond acceptors (Lipinski definition) is 1. The summed E-state index contributed by atoms with van der Waals surface area (Å²) in [5, 5.41) is 0. The van der Waals surface area contributed by atoms with E-state index in [-0.39, 0.29) is 0 Å². The smallest absolute Gasteiger partial charge is 0.112 e. The topological polar surface area (TPSA) is 17.8 Å². The molecule has 0 atom stereocenters. The third-order valence-corrected chi connectivity index (χ3v) is 7.12. The lowest BCUT2D eigenvalue weighted by Crippen LogP contribution is -2.18. The van der Waals surface area contributed by atoms with Gasteiger partial charge in [0.15, 0.2) is 0 Å². The van der Waals surface area contributed by atoms with Crippen LogP contribution in [0.15, 0.2) is 0 Å². The van der Waals surface area contributed by atoms with Gasteiger partial charge < -0.3 is 4.57 Å². The van der Waals surface area contributed by atoms with E-state index in [2.05, 4.69) is 4.57 Å². The van der Waals surface area contributed by atoms with Crippen molar-refractivity contribution in [1.29, 1.82) is 0 Å². The maximum atomic E-state index is 5.44. The van der Waals surface area contributed by atoms with Gasteiger partial charge in [-0.05, 0) is 51.4 Å². The Morgan fingerprint density at radius 1 is 0.609 bits per heavy atom. The summed E-state index contributed by atoms with van der Waals surface area (Å²) in [6.07, 6.45) is 19.9. The van der Waals surface area contributed by atoms with Crippen molar-refractivity contribution < 1.29 is 0 Å². The fourth-order valence-corrected chi connectivity index (χ4v) is 5.43. The lowest BCUT2D eigenvalue weighted by Gasteiger charge is -2.31. The van der Waals surface area contributed by atoms with Crippen LogP contribution in [0.2, 0.25) is 0 Å². The number of rotatable bonds is 4. The van der Waals surface area contributed by atoms with Gasteiger partial charge in [0, 0.05) is 29.5 Å². The van der Waals surface area contributed by atoms with E-state index in [1.165, 1.54) is 95.7 Å². The summed E-state index contributed by atoms with van der Waals surface area (Å²) in [6, 6.07) is 0.825. The highest BCUT2D eigenvalue weighted by molar-refractivity contribution is 5.30. The van der Waals surface area contributed by atoms with Crippen molar-refractivity contribution in [2.75, 3.05) is 0 Å². The quantitative estimate of drug-likeness (QED) is 0.648. The molecule has 1 heterocycles. The van der Waals surface area contributed by atoms with Crippen molar-refractivity contribution in [3.63, 3.8) is 0 Å². The van der Waals surface area contributed by atoms with Gasteiger partial charge in [-0.25, -0.2) is 4.98 Å². The first-order valence-electron chi connectivity index (χ1n) is 10.5. The normalized spacial score (nSPS) is 27.5. The summed E-state index contributed by atoms with van der Waals surface area (Å²) in [6.45, 7) is 0. The zero-order valence-corrected chi connectivity index (χ0v) is 14.6. The summed E-state index contributed by atoms with van der Waals surface area (Å²) < 4.78 is 2.82. The minimum absolute atomic E-state index is 0.784.